The van der Waals surface area contributed by atoms with Crippen LogP contribution in [0, 0.1) is 5.41 Å². The van der Waals surface area contributed by atoms with E-state index in [0.29, 0.717) is 19.5 Å². The molecule has 0 spiro atoms. The van der Waals surface area contributed by atoms with Crippen molar-refractivity contribution in [1.82, 2.24) is 19.5 Å². The van der Waals surface area contributed by atoms with Gasteiger partial charge in [0.2, 0.25) is 10.0 Å². The van der Waals surface area contributed by atoms with Crippen molar-refractivity contribution in [2.75, 3.05) is 57.0 Å². The molecule has 2 fully saturated rings. The number of sulfonamides is 1. The molecule has 1 aliphatic heterocycles. The molecule has 1 aliphatic carbocycles. The van der Waals surface area contributed by atoms with Crippen LogP contribution in [0.4, 0.5) is 5.69 Å². The normalized spacial score (nSPS) is 17.8. The van der Waals surface area contributed by atoms with Gasteiger partial charge in [0.05, 0.1) is 19.0 Å². The second-order valence-corrected chi connectivity index (χ2v) is 10.6. The molecule has 1 saturated carbocycles. The molecule has 0 radical (unpaired) electrons. The van der Waals surface area contributed by atoms with E-state index in [4.69, 9.17) is 10.1 Å². The van der Waals surface area contributed by atoms with Crippen molar-refractivity contribution in [1.29, 1.82) is 5.41 Å². The zero-order chi connectivity index (χ0) is 22.7. The molecule has 1 aromatic heterocycles. The molecule has 32 heavy (non-hydrogen) atoms. The second kappa shape index (κ2) is 13.1. The van der Waals surface area contributed by atoms with Crippen molar-refractivity contribution in [2.45, 2.75) is 51.0 Å². The van der Waals surface area contributed by atoms with Crippen LogP contribution < -0.4 is 10.6 Å². The van der Waals surface area contributed by atoms with Crippen LogP contribution in [0.25, 0.3) is 0 Å². The minimum atomic E-state index is -3.22. The van der Waals surface area contributed by atoms with E-state index in [1.807, 2.05) is 0 Å². The average molecular weight is 467 g/mol. The van der Waals surface area contributed by atoms with Gasteiger partial charge in [-0.25, -0.2) is 8.42 Å². The number of unbranched alkanes of at least 4 members (excludes halogenated alkanes) is 2. The summed E-state index contributed by atoms with van der Waals surface area (Å²) in [4.78, 5) is 6.31. The Morgan fingerprint density at radius 2 is 1.91 bits per heavy atom. The molecule has 3 N–H and O–H groups in total. The fourth-order valence-corrected chi connectivity index (χ4v) is 5.91. The van der Waals surface area contributed by atoms with E-state index in [9.17, 15) is 8.42 Å². The van der Waals surface area contributed by atoms with Gasteiger partial charge in [0.1, 0.15) is 0 Å². The maximum atomic E-state index is 13.0. The first-order valence-electron chi connectivity index (χ1n) is 11.8. The summed E-state index contributed by atoms with van der Waals surface area (Å²) in [5, 5.41) is 13.9. The number of pyridine rings is 1. The van der Waals surface area contributed by atoms with Crippen molar-refractivity contribution in [2.24, 2.45) is 0 Å². The summed E-state index contributed by atoms with van der Waals surface area (Å²) < 4.78 is 33.2. The maximum absolute atomic E-state index is 13.0. The molecular weight excluding hydrogens is 428 g/mol. The van der Waals surface area contributed by atoms with Crippen molar-refractivity contribution in [3.8, 4) is 0 Å². The Labute approximate surface area is 192 Å². The van der Waals surface area contributed by atoms with E-state index < -0.39 is 10.0 Å². The number of hydrogen-bond acceptors (Lipinski definition) is 6. The van der Waals surface area contributed by atoms with Crippen LogP contribution in [0.3, 0.4) is 0 Å². The zero-order valence-corrected chi connectivity index (χ0v) is 19.8. The first-order valence-corrected chi connectivity index (χ1v) is 13.4. The predicted molar refractivity (Wildman–Crippen MR) is 127 cm³/mol. The average Bonchev–Trinajstić information content (AvgIpc) is 2.75. The minimum Gasteiger partial charge on any atom is -0.379 e. The highest BCUT2D eigenvalue weighted by atomic mass is 32.2. The fraction of sp³-hybridized carbons (Fsp3) is 0.727. The largest absolute Gasteiger partial charge is 0.379 e. The van der Waals surface area contributed by atoms with Gasteiger partial charge in [-0.2, -0.15) is 4.31 Å². The molecular formula is C22H38N6O3S. The number of anilines is 1. The van der Waals surface area contributed by atoms with E-state index in [1.165, 1.54) is 0 Å². The van der Waals surface area contributed by atoms with Crippen LogP contribution in [0.15, 0.2) is 24.5 Å². The van der Waals surface area contributed by atoms with Gasteiger partial charge in [-0.05, 0) is 50.8 Å². The molecule has 1 aromatic rings. The molecule has 0 atom stereocenters. The van der Waals surface area contributed by atoms with Gasteiger partial charge < -0.3 is 15.4 Å². The van der Waals surface area contributed by atoms with Gasteiger partial charge in [-0.15, -0.1) is 0 Å². The number of nitrogens with one attached hydrogen (secondary N) is 3. The summed E-state index contributed by atoms with van der Waals surface area (Å²) >= 11 is 0. The second-order valence-electron chi connectivity index (χ2n) is 8.54. The first kappa shape index (κ1) is 24.9. The van der Waals surface area contributed by atoms with Gasteiger partial charge in [0.25, 0.3) is 0 Å². The molecule has 1 saturated heterocycles. The fourth-order valence-electron chi connectivity index (χ4n) is 4.04. The lowest BCUT2D eigenvalue weighted by Gasteiger charge is -2.37. The number of morpholine rings is 1. The summed E-state index contributed by atoms with van der Waals surface area (Å²) in [7, 11) is -3.22. The third-order valence-electron chi connectivity index (χ3n) is 6.13. The smallest absolute Gasteiger partial charge is 0.214 e. The van der Waals surface area contributed by atoms with E-state index in [1.54, 1.807) is 28.8 Å². The van der Waals surface area contributed by atoms with Crippen molar-refractivity contribution in [3.63, 3.8) is 0 Å². The van der Waals surface area contributed by atoms with E-state index >= 15 is 0 Å². The lowest BCUT2D eigenvalue weighted by Crippen LogP contribution is -2.46. The van der Waals surface area contributed by atoms with E-state index in [-0.39, 0.29) is 17.8 Å². The Morgan fingerprint density at radius 3 is 2.59 bits per heavy atom. The first-order chi connectivity index (χ1) is 15.5. The van der Waals surface area contributed by atoms with Crippen LogP contribution >= 0.6 is 0 Å². The maximum Gasteiger partial charge on any atom is 0.214 e. The molecule has 9 nitrogen and oxygen atoms in total. The van der Waals surface area contributed by atoms with Gasteiger partial charge in [0.15, 0.2) is 5.96 Å². The molecule has 0 bridgehead atoms. The van der Waals surface area contributed by atoms with Gasteiger partial charge >= 0.3 is 0 Å². The quantitative estimate of drug-likeness (QED) is 0.232. The highest BCUT2D eigenvalue weighted by Crippen LogP contribution is 2.28. The Kier molecular flexibility index (Phi) is 10.2. The molecule has 180 valence electrons. The standard InChI is InChI=1S/C22H38N6O3S/c23-22(26-20-8-11-24-12-9-20)25-10-2-1-3-19-32(29,30)28(21-6-4-7-21)14-5-13-27-15-17-31-18-16-27/h8-9,11-12,21H,1-7,10,13-19H2,(H3,23,24,25,26). The number of rotatable bonds is 13. The van der Waals surface area contributed by atoms with E-state index in [0.717, 1.165) is 77.1 Å². The Bertz CT molecular complexity index is 782. The number of ether oxygens (including phenoxy) is 1. The van der Waals surface area contributed by atoms with Crippen LogP contribution in [-0.2, 0) is 14.8 Å². The highest BCUT2D eigenvalue weighted by Gasteiger charge is 2.33. The number of nitrogens with zero attached hydrogens (tertiary/aromatic N) is 3. The van der Waals surface area contributed by atoms with Crippen LogP contribution in [-0.4, -0.2) is 86.3 Å². The predicted octanol–water partition coefficient (Wildman–Crippen LogP) is 2.09. The van der Waals surface area contributed by atoms with Crippen molar-refractivity contribution < 1.29 is 13.2 Å². The summed E-state index contributed by atoms with van der Waals surface area (Å²) in [5.74, 6) is 0.452. The van der Waals surface area contributed by atoms with Crippen LogP contribution in [0.5, 0.6) is 0 Å². The molecule has 10 heteroatoms. The number of guanidine groups is 1. The molecule has 2 heterocycles. The number of hydrogen-bond donors (Lipinski definition) is 3. The van der Waals surface area contributed by atoms with Crippen molar-refractivity contribution >= 4 is 21.7 Å². The molecule has 0 unspecified atom stereocenters. The summed E-state index contributed by atoms with van der Waals surface area (Å²) in [5.41, 5.74) is 0.813. The highest BCUT2D eigenvalue weighted by molar-refractivity contribution is 7.89. The molecule has 2 aliphatic rings. The van der Waals surface area contributed by atoms with Crippen LogP contribution in [0.1, 0.15) is 44.9 Å². The van der Waals surface area contributed by atoms with Gasteiger partial charge in [0, 0.05) is 50.3 Å². The van der Waals surface area contributed by atoms with Gasteiger partial charge in [-0.3, -0.25) is 15.3 Å². The monoisotopic (exact) mass is 466 g/mol. The Balaban J connectivity index is 1.32. The Morgan fingerprint density at radius 1 is 1.16 bits per heavy atom. The lowest BCUT2D eigenvalue weighted by molar-refractivity contribution is 0.0363. The van der Waals surface area contributed by atoms with Crippen LogP contribution in [0.2, 0.25) is 0 Å². The number of aromatic nitrogens is 1. The van der Waals surface area contributed by atoms with E-state index in [2.05, 4.69) is 20.5 Å². The SMILES string of the molecule is N=C(NCCCCCS(=O)(=O)N(CCCN1CCOCC1)C1CCC1)Nc1ccncc1. The van der Waals surface area contributed by atoms with Crippen molar-refractivity contribution in [3.05, 3.63) is 24.5 Å². The Hall–Kier alpha value is -1.75. The molecule has 0 amide bonds. The topological polar surface area (TPSA) is 111 Å². The third kappa shape index (κ3) is 8.31. The summed E-state index contributed by atoms with van der Waals surface area (Å²) in [6, 6.07) is 3.80. The van der Waals surface area contributed by atoms with Gasteiger partial charge in [-0.1, -0.05) is 12.8 Å². The third-order valence-corrected chi connectivity index (χ3v) is 8.13. The summed E-state index contributed by atoms with van der Waals surface area (Å²) in [6.45, 7) is 5.65. The molecule has 3 rings (SSSR count). The lowest BCUT2D eigenvalue weighted by atomic mass is 9.93. The zero-order valence-electron chi connectivity index (χ0n) is 19.0. The summed E-state index contributed by atoms with van der Waals surface area (Å²) in [6.07, 6.45) is 9.65. The minimum absolute atomic E-state index is 0.200. The molecule has 0 aromatic carbocycles.